The minimum Gasteiger partial charge on any atom is -0.349 e. The monoisotopic (exact) mass is 352 g/mol. The van der Waals surface area contributed by atoms with Gasteiger partial charge in [-0.25, -0.2) is 4.98 Å². The largest absolute Gasteiger partial charge is 0.349 e. The van der Waals surface area contributed by atoms with Crippen LogP contribution in [-0.4, -0.2) is 34.7 Å². The van der Waals surface area contributed by atoms with Gasteiger partial charge in [0.05, 0.1) is 16.6 Å². The number of carbonyl (C=O) groups excluding carboxylic acids is 1. The Kier molecular flexibility index (Phi) is 5.83. The van der Waals surface area contributed by atoms with Crippen molar-refractivity contribution in [3.63, 3.8) is 0 Å². The molecule has 0 aromatic carbocycles. The van der Waals surface area contributed by atoms with Crippen LogP contribution in [0.2, 0.25) is 0 Å². The highest BCUT2D eigenvalue weighted by atomic mass is 35.5. The summed E-state index contributed by atoms with van der Waals surface area (Å²) in [6.45, 7) is 9.01. The molecule has 1 saturated heterocycles. The van der Waals surface area contributed by atoms with Gasteiger partial charge in [-0.05, 0) is 45.2 Å². The van der Waals surface area contributed by atoms with Crippen LogP contribution in [0.4, 0.5) is 0 Å². The van der Waals surface area contributed by atoms with Crippen molar-refractivity contribution in [1.82, 2.24) is 20.8 Å². The number of aromatic nitrogens is 2. The zero-order chi connectivity index (χ0) is 16.6. The van der Waals surface area contributed by atoms with Gasteiger partial charge in [0.1, 0.15) is 0 Å². The van der Waals surface area contributed by atoms with E-state index in [2.05, 4.69) is 27.7 Å². The summed E-state index contributed by atoms with van der Waals surface area (Å²) in [5.41, 5.74) is 2.60. The first kappa shape index (κ1) is 18.7. The topological polar surface area (TPSA) is 80.0 Å². The number of hydrogen-bond acceptors (Lipinski definition) is 5. The van der Waals surface area contributed by atoms with E-state index in [9.17, 15) is 4.79 Å². The van der Waals surface area contributed by atoms with Crippen molar-refractivity contribution in [2.24, 2.45) is 0 Å². The number of hydrogen-bond donors (Lipinski definition) is 2. The maximum Gasteiger partial charge on any atom is 0.259 e. The highest BCUT2D eigenvalue weighted by Crippen LogP contribution is 2.27. The molecule has 132 valence electrons. The fourth-order valence-corrected chi connectivity index (χ4v) is 3.20. The summed E-state index contributed by atoms with van der Waals surface area (Å²) in [7, 11) is 0. The lowest BCUT2D eigenvalue weighted by Crippen LogP contribution is -2.46. The summed E-state index contributed by atoms with van der Waals surface area (Å²) in [6, 6.07) is 2.45. The van der Waals surface area contributed by atoms with E-state index in [4.69, 9.17) is 4.52 Å². The van der Waals surface area contributed by atoms with Crippen molar-refractivity contribution in [1.29, 1.82) is 0 Å². The molecule has 2 aromatic rings. The van der Waals surface area contributed by atoms with Crippen LogP contribution >= 0.6 is 12.4 Å². The Labute approximate surface area is 148 Å². The van der Waals surface area contributed by atoms with Crippen LogP contribution in [0.1, 0.15) is 61.3 Å². The Hall–Kier alpha value is -1.66. The van der Waals surface area contributed by atoms with Gasteiger partial charge >= 0.3 is 0 Å². The average molecular weight is 353 g/mol. The molecule has 0 spiro atoms. The Morgan fingerprint density at radius 2 is 2.21 bits per heavy atom. The molecule has 3 rings (SSSR count). The molecule has 1 aliphatic heterocycles. The Balaban J connectivity index is 0.00000208. The lowest BCUT2D eigenvalue weighted by Gasteiger charge is -2.28. The van der Waals surface area contributed by atoms with E-state index in [1.165, 1.54) is 0 Å². The first-order chi connectivity index (χ1) is 11.0. The summed E-state index contributed by atoms with van der Waals surface area (Å²) in [4.78, 5) is 17.2. The zero-order valence-corrected chi connectivity index (χ0v) is 15.4. The third-order valence-electron chi connectivity index (χ3n) is 4.35. The molecule has 0 bridgehead atoms. The summed E-state index contributed by atoms with van der Waals surface area (Å²) in [5, 5.41) is 11.4. The van der Waals surface area contributed by atoms with Crippen LogP contribution in [0.25, 0.3) is 11.1 Å². The first-order valence-corrected chi connectivity index (χ1v) is 8.27. The molecule has 24 heavy (non-hydrogen) atoms. The number of amides is 1. The number of rotatable bonds is 3. The summed E-state index contributed by atoms with van der Waals surface area (Å²) in [5.74, 6) is 0.107. The normalized spacial score (nSPS) is 20.9. The van der Waals surface area contributed by atoms with E-state index < -0.39 is 0 Å². The average Bonchev–Trinajstić information content (AvgIpc) is 2.90. The van der Waals surface area contributed by atoms with Crippen LogP contribution in [-0.2, 0) is 0 Å². The molecule has 1 fully saturated rings. The highest BCUT2D eigenvalue weighted by molar-refractivity contribution is 6.06. The van der Waals surface area contributed by atoms with Crippen molar-refractivity contribution < 1.29 is 9.32 Å². The van der Waals surface area contributed by atoms with Gasteiger partial charge < -0.3 is 15.2 Å². The van der Waals surface area contributed by atoms with E-state index in [0.717, 1.165) is 36.2 Å². The molecule has 0 radical (unpaired) electrons. The number of pyridine rings is 1. The molecular weight excluding hydrogens is 328 g/mol. The molecule has 2 N–H and O–H groups in total. The second-order valence-electron chi connectivity index (χ2n) is 6.76. The molecule has 2 atom stereocenters. The summed E-state index contributed by atoms with van der Waals surface area (Å²) < 4.78 is 5.34. The third-order valence-corrected chi connectivity index (χ3v) is 4.35. The van der Waals surface area contributed by atoms with Crippen LogP contribution in [0.5, 0.6) is 0 Å². The van der Waals surface area contributed by atoms with Gasteiger partial charge in [0.15, 0.2) is 0 Å². The van der Waals surface area contributed by atoms with Gasteiger partial charge in [-0.15, -0.1) is 12.4 Å². The van der Waals surface area contributed by atoms with Crippen LogP contribution in [0.3, 0.4) is 0 Å². The van der Waals surface area contributed by atoms with Crippen LogP contribution < -0.4 is 10.6 Å². The molecule has 0 saturated carbocycles. The maximum atomic E-state index is 12.8. The Bertz CT molecular complexity index is 729. The smallest absolute Gasteiger partial charge is 0.259 e. The van der Waals surface area contributed by atoms with Crippen LogP contribution in [0.15, 0.2) is 10.6 Å². The van der Waals surface area contributed by atoms with Crippen molar-refractivity contribution in [2.45, 2.75) is 58.5 Å². The lowest BCUT2D eigenvalue weighted by atomic mass is 9.99. The second kappa shape index (κ2) is 7.49. The van der Waals surface area contributed by atoms with Crippen molar-refractivity contribution in [3.05, 3.63) is 23.0 Å². The van der Waals surface area contributed by atoms with E-state index in [1.54, 1.807) is 0 Å². The van der Waals surface area contributed by atoms with E-state index in [0.29, 0.717) is 17.3 Å². The maximum absolute atomic E-state index is 12.8. The zero-order valence-electron chi connectivity index (χ0n) is 14.5. The number of nitrogens with one attached hydrogen (secondary N) is 2. The van der Waals surface area contributed by atoms with E-state index >= 15 is 0 Å². The number of piperidine rings is 1. The molecular formula is C17H25ClN4O2. The molecule has 3 heterocycles. The predicted molar refractivity (Wildman–Crippen MR) is 95.8 cm³/mol. The predicted octanol–water partition coefficient (Wildman–Crippen LogP) is 2.95. The van der Waals surface area contributed by atoms with Gasteiger partial charge in [0, 0.05) is 17.8 Å². The number of fused-ring (bicyclic) bond motifs is 1. The number of aryl methyl sites for hydroxylation is 1. The molecule has 6 nitrogen and oxygen atoms in total. The number of nitrogens with zero attached hydrogens (tertiary/aromatic N) is 2. The highest BCUT2D eigenvalue weighted by Gasteiger charge is 2.25. The minimum atomic E-state index is -0.0651. The van der Waals surface area contributed by atoms with Gasteiger partial charge in [0.2, 0.25) is 0 Å². The molecule has 2 aromatic heterocycles. The number of carbonyl (C=O) groups is 1. The van der Waals surface area contributed by atoms with Crippen molar-refractivity contribution >= 4 is 29.4 Å². The van der Waals surface area contributed by atoms with Gasteiger partial charge in [-0.1, -0.05) is 19.0 Å². The minimum absolute atomic E-state index is 0. The standard InChI is InChI=1S/C17H24N4O2.ClH/c1-9(2)15-14-13(8-11(4)19-17(14)23-21-15)16(22)20-12-5-6-18-10(3)7-12;/h8-10,12,18H,5-7H2,1-4H3,(H,20,22);1H. The summed E-state index contributed by atoms with van der Waals surface area (Å²) >= 11 is 0. The quantitative estimate of drug-likeness (QED) is 0.887. The van der Waals surface area contributed by atoms with Gasteiger partial charge in [-0.3, -0.25) is 4.79 Å². The SMILES string of the molecule is Cc1cc(C(=O)NC2CCNC(C)C2)c2c(C(C)C)noc2n1.Cl. The van der Waals surface area contributed by atoms with E-state index in [1.807, 2.05) is 26.8 Å². The van der Waals surface area contributed by atoms with E-state index in [-0.39, 0.29) is 30.3 Å². The molecule has 1 aliphatic rings. The van der Waals surface area contributed by atoms with Gasteiger partial charge in [-0.2, -0.15) is 0 Å². The fraction of sp³-hybridized carbons (Fsp3) is 0.588. The molecule has 1 amide bonds. The number of halogens is 1. The lowest BCUT2D eigenvalue weighted by molar-refractivity contribution is 0.0927. The third kappa shape index (κ3) is 3.70. The van der Waals surface area contributed by atoms with Gasteiger partial charge in [0.25, 0.3) is 11.6 Å². The van der Waals surface area contributed by atoms with Crippen molar-refractivity contribution in [3.8, 4) is 0 Å². The molecule has 0 aliphatic carbocycles. The molecule has 7 heteroatoms. The Morgan fingerprint density at radius 3 is 2.88 bits per heavy atom. The Morgan fingerprint density at radius 1 is 1.46 bits per heavy atom. The molecule has 2 unspecified atom stereocenters. The van der Waals surface area contributed by atoms with Crippen LogP contribution in [0, 0.1) is 6.92 Å². The summed E-state index contributed by atoms with van der Waals surface area (Å²) in [6.07, 6.45) is 1.89. The second-order valence-corrected chi connectivity index (χ2v) is 6.76. The first-order valence-electron chi connectivity index (χ1n) is 8.27. The van der Waals surface area contributed by atoms with Crippen molar-refractivity contribution in [2.75, 3.05) is 6.54 Å². The fourth-order valence-electron chi connectivity index (χ4n) is 3.20.